The Kier molecular flexibility index (Phi) is 4.29. The maximum Gasteiger partial charge on any atom is 0.277 e. The Morgan fingerprint density at radius 1 is 1.38 bits per heavy atom. The van der Waals surface area contributed by atoms with Gasteiger partial charge in [-0.25, -0.2) is 9.50 Å². The lowest BCUT2D eigenvalue weighted by molar-refractivity contribution is 0.0791. The molecule has 0 bridgehead atoms. The summed E-state index contributed by atoms with van der Waals surface area (Å²) in [7, 11) is 3.33. The third-order valence-electron chi connectivity index (χ3n) is 4.50. The van der Waals surface area contributed by atoms with Crippen molar-refractivity contribution in [3.05, 3.63) is 35.8 Å². The Labute approximate surface area is 149 Å². The number of imidazole rings is 1. The minimum absolute atomic E-state index is 0.266. The van der Waals surface area contributed by atoms with Gasteiger partial charge in [0.15, 0.2) is 11.3 Å². The van der Waals surface area contributed by atoms with Gasteiger partial charge in [-0.1, -0.05) is 0 Å². The van der Waals surface area contributed by atoms with Crippen molar-refractivity contribution in [2.24, 2.45) is 7.05 Å². The number of nitrogens with zero attached hydrogens (tertiary/aromatic N) is 5. The first-order valence-electron chi connectivity index (χ1n) is 8.47. The van der Waals surface area contributed by atoms with Crippen LogP contribution in [0.5, 0.6) is 5.88 Å². The molecule has 0 aromatic carbocycles. The molecule has 136 valence electrons. The molecule has 1 unspecified atom stereocenters. The quantitative estimate of drug-likeness (QED) is 0.763. The molecule has 4 rings (SSSR count). The van der Waals surface area contributed by atoms with Crippen LogP contribution < -0.4 is 10.1 Å². The van der Waals surface area contributed by atoms with Crippen LogP contribution in [0.25, 0.3) is 5.65 Å². The second-order valence-electron chi connectivity index (χ2n) is 6.24. The molecule has 26 heavy (non-hydrogen) atoms. The highest BCUT2D eigenvalue weighted by molar-refractivity contribution is 6.02. The number of carbonyl (C=O) groups is 1. The number of hydrogen-bond donors (Lipinski definition) is 1. The molecule has 1 saturated heterocycles. The fourth-order valence-corrected chi connectivity index (χ4v) is 3.08. The Bertz CT molecular complexity index is 941. The van der Waals surface area contributed by atoms with Crippen LogP contribution in [0.3, 0.4) is 0 Å². The third-order valence-corrected chi connectivity index (χ3v) is 4.50. The average Bonchev–Trinajstić information content (AvgIpc) is 3.25. The van der Waals surface area contributed by atoms with Crippen LogP contribution in [0.15, 0.2) is 24.4 Å². The number of carbonyl (C=O) groups excluding carboxylic acids is 1. The van der Waals surface area contributed by atoms with Crippen LogP contribution in [0, 0.1) is 0 Å². The van der Waals surface area contributed by atoms with E-state index in [-0.39, 0.29) is 11.8 Å². The molecule has 1 aliphatic heterocycles. The van der Waals surface area contributed by atoms with Crippen LogP contribution in [-0.2, 0) is 11.8 Å². The van der Waals surface area contributed by atoms with E-state index in [1.807, 2.05) is 6.07 Å². The fraction of sp³-hybridized carbons (Fsp3) is 0.412. The summed E-state index contributed by atoms with van der Waals surface area (Å²) in [4.78, 5) is 16.9. The minimum atomic E-state index is -0.312. The third kappa shape index (κ3) is 3.01. The summed E-state index contributed by atoms with van der Waals surface area (Å²) < 4.78 is 13.8. The summed E-state index contributed by atoms with van der Waals surface area (Å²) >= 11 is 0. The lowest BCUT2D eigenvalue weighted by atomic mass is 9.99. The van der Waals surface area contributed by atoms with Gasteiger partial charge in [0.1, 0.15) is 5.82 Å². The lowest BCUT2D eigenvalue weighted by Gasteiger charge is -2.19. The van der Waals surface area contributed by atoms with Gasteiger partial charge in [0.05, 0.1) is 25.6 Å². The number of rotatable bonds is 4. The van der Waals surface area contributed by atoms with E-state index in [0.717, 1.165) is 25.1 Å². The van der Waals surface area contributed by atoms with Crippen molar-refractivity contribution in [3.8, 4) is 5.88 Å². The second-order valence-corrected chi connectivity index (χ2v) is 6.24. The van der Waals surface area contributed by atoms with Crippen molar-refractivity contribution < 1.29 is 14.3 Å². The number of nitrogens with one attached hydrogen (secondary N) is 1. The molecule has 1 aliphatic rings. The SMILES string of the molecule is COc1ccc2ncc(C(=O)Nc3cc(C4CCCOC4)nn3C)n2n1. The van der Waals surface area contributed by atoms with Crippen molar-refractivity contribution in [1.29, 1.82) is 0 Å². The van der Waals surface area contributed by atoms with E-state index in [4.69, 9.17) is 9.47 Å². The van der Waals surface area contributed by atoms with Crippen LogP contribution in [-0.4, -0.2) is 50.6 Å². The number of anilines is 1. The normalized spacial score (nSPS) is 17.4. The van der Waals surface area contributed by atoms with E-state index < -0.39 is 0 Å². The zero-order valence-electron chi connectivity index (χ0n) is 14.7. The highest BCUT2D eigenvalue weighted by atomic mass is 16.5. The summed E-state index contributed by atoms with van der Waals surface area (Å²) in [5.41, 5.74) is 1.82. The van der Waals surface area contributed by atoms with Gasteiger partial charge >= 0.3 is 0 Å². The van der Waals surface area contributed by atoms with Crippen molar-refractivity contribution >= 4 is 17.4 Å². The molecular weight excluding hydrogens is 336 g/mol. The van der Waals surface area contributed by atoms with Crippen LogP contribution in [0.2, 0.25) is 0 Å². The molecule has 4 heterocycles. The van der Waals surface area contributed by atoms with Gasteiger partial charge in [-0.05, 0) is 18.9 Å². The maximum atomic E-state index is 12.7. The van der Waals surface area contributed by atoms with Gasteiger partial charge < -0.3 is 14.8 Å². The molecule has 0 saturated carbocycles. The summed E-state index contributed by atoms with van der Waals surface area (Å²) in [5, 5.41) is 11.7. The molecule has 9 heteroatoms. The zero-order valence-corrected chi connectivity index (χ0v) is 14.7. The van der Waals surface area contributed by atoms with E-state index in [1.165, 1.54) is 17.8 Å². The van der Waals surface area contributed by atoms with Crippen molar-refractivity contribution in [1.82, 2.24) is 24.4 Å². The summed E-state index contributed by atoms with van der Waals surface area (Å²) in [6.07, 6.45) is 3.56. The number of ether oxygens (including phenoxy) is 2. The predicted octanol–water partition coefficient (Wildman–Crippen LogP) is 1.62. The molecule has 1 amide bonds. The Morgan fingerprint density at radius 2 is 2.27 bits per heavy atom. The number of methoxy groups -OCH3 is 1. The van der Waals surface area contributed by atoms with Gasteiger partial charge in [-0.3, -0.25) is 9.48 Å². The van der Waals surface area contributed by atoms with Crippen molar-refractivity contribution in [2.75, 3.05) is 25.6 Å². The zero-order chi connectivity index (χ0) is 18.1. The van der Waals surface area contributed by atoms with Crippen LogP contribution in [0.1, 0.15) is 34.9 Å². The monoisotopic (exact) mass is 356 g/mol. The minimum Gasteiger partial charge on any atom is -0.480 e. The van der Waals surface area contributed by atoms with Gasteiger partial charge in [-0.15, -0.1) is 5.10 Å². The number of fused-ring (bicyclic) bond motifs is 1. The topological polar surface area (TPSA) is 95.6 Å². The standard InChI is InChI=1S/C17H20N6O3/c1-22-15(8-12(20-22)11-4-3-7-26-10-11)19-17(24)13-9-18-14-5-6-16(25-2)21-23(13)14/h5-6,8-9,11H,3-4,7,10H2,1-2H3,(H,19,24). The van der Waals surface area contributed by atoms with Crippen molar-refractivity contribution in [2.45, 2.75) is 18.8 Å². The van der Waals surface area contributed by atoms with Crippen molar-refractivity contribution in [3.63, 3.8) is 0 Å². The highest BCUT2D eigenvalue weighted by Crippen LogP contribution is 2.26. The molecule has 1 atom stereocenters. The van der Waals surface area contributed by atoms with E-state index in [2.05, 4.69) is 20.5 Å². The van der Waals surface area contributed by atoms with Gasteiger partial charge in [0, 0.05) is 31.7 Å². The Balaban J connectivity index is 1.57. The molecule has 0 aliphatic carbocycles. The van der Waals surface area contributed by atoms with E-state index >= 15 is 0 Å². The summed E-state index contributed by atoms with van der Waals surface area (Å²) in [5.74, 6) is 0.980. The first-order chi connectivity index (χ1) is 12.7. The highest BCUT2D eigenvalue weighted by Gasteiger charge is 2.21. The van der Waals surface area contributed by atoms with E-state index in [9.17, 15) is 4.79 Å². The second kappa shape index (κ2) is 6.75. The molecule has 3 aromatic heterocycles. The first-order valence-corrected chi connectivity index (χ1v) is 8.47. The van der Waals surface area contributed by atoms with E-state index in [1.54, 1.807) is 23.9 Å². The number of amides is 1. The smallest absolute Gasteiger partial charge is 0.277 e. The summed E-state index contributed by atoms with van der Waals surface area (Å²) in [6.45, 7) is 1.47. The predicted molar refractivity (Wildman–Crippen MR) is 93.5 cm³/mol. The van der Waals surface area contributed by atoms with Crippen LogP contribution in [0.4, 0.5) is 5.82 Å². The molecule has 9 nitrogen and oxygen atoms in total. The molecular formula is C17H20N6O3. The van der Waals surface area contributed by atoms with Gasteiger partial charge in [0.25, 0.3) is 5.91 Å². The average molecular weight is 356 g/mol. The summed E-state index contributed by atoms with van der Waals surface area (Å²) in [6, 6.07) is 5.34. The number of aromatic nitrogens is 5. The Hall–Kier alpha value is -2.94. The van der Waals surface area contributed by atoms with Gasteiger partial charge in [-0.2, -0.15) is 5.10 Å². The first kappa shape index (κ1) is 16.5. The largest absolute Gasteiger partial charge is 0.480 e. The Morgan fingerprint density at radius 3 is 3.04 bits per heavy atom. The number of aryl methyl sites for hydroxylation is 1. The molecule has 1 fully saturated rings. The molecule has 1 N–H and O–H groups in total. The van der Waals surface area contributed by atoms with E-state index in [0.29, 0.717) is 29.6 Å². The molecule has 0 spiro atoms. The molecule has 3 aromatic rings. The van der Waals surface area contributed by atoms with Gasteiger partial charge in [0.2, 0.25) is 5.88 Å². The maximum absolute atomic E-state index is 12.7. The number of hydrogen-bond acceptors (Lipinski definition) is 6. The molecule has 0 radical (unpaired) electrons. The van der Waals surface area contributed by atoms with Crippen LogP contribution >= 0.6 is 0 Å². The fourth-order valence-electron chi connectivity index (χ4n) is 3.08. The lowest BCUT2D eigenvalue weighted by Crippen LogP contribution is -2.17.